The summed E-state index contributed by atoms with van der Waals surface area (Å²) in [6.45, 7) is 4.99. The lowest BCUT2D eigenvalue weighted by molar-refractivity contribution is -0.167. The first-order valence-electron chi connectivity index (χ1n) is 10.5. The number of aryl methyl sites for hydroxylation is 1. The molecule has 0 radical (unpaired) electrons. The van der Waals surface area contributed by atoms with E-state index in [0.717, 1.165) is 31.2 Å². The van der Waals surface area contributed by atoms with Crippen LogP contribution in [-0.4, -0.2) is 19.5 Å². The zero-order chi connectivity index (χ0) is 20.8. The number of hydrogen-bond acceptors (Lipinski definition) is 2. The molecule has 0 amide bonds. The molecule has 158 valence electrons. The Morgan fingerprint density at radius 1 is 0.966 bits per heavy atom. The molecule has 0 N–H and O–H groups in total. The number of hydrogen-bond donors (Lipinski definition) is 0. The number of rotatable bonds is 8. The van der Waals surface area contributed by atoms with Crippen LogP contribution in [0.3, 0.4) is 0 Å². The van der Waals surface area contributed by atoms with E-state index >= 15 is 0 Å². The van der Waals surface area contributed by atoms with E-state index in [4.69, 9.17) is 9.47 Å². The van der Waals surface area contributed by atoms with Crippen molar-refractivity contribution in [3.63, 3.8) is 0 Å². The van der Waals surface area contributed by atoms with Gasteiger partial charge in [-0.1, -0.05) is 44.5 Å². The third-order valence-corrected chi connectivity index (χ3v) is 5.44. The van der Waals surface area contributed by atoms with E-state index in [-0.39, 0.29) is 35.5 Å². The maximum absolute atomic E-state index is 14.8. The summed E-state index contributed by atoms with van der Waals surface area (Å²) < 4.78 is 55.4. The van der Waals surface area contributed by atoms with Crippen LogP contribution >= 0.6 is 0 Å². The van der Waals surface area contributed by atoms with Crippen LogP contribution < -0.4 is 0 Å². The van der Waals surface area contributed by atoms with Crippen molar-refractivity contribution >= 4 is 0 Å². The van der Waals surface area contributed by atoms with Gasteiger partial charge in [-0.25, -0.2) is 13.2 Å². The Bertz CT molecular complexity index is 814. The Hall–Kier alpha value is -1.85. The topological polar surface area (TPSA) is 18.5 Å². The quantitative estimate of drug-likeness (QED) is 0.482. The van der Waals surface area contributed by atoms with Crippen LogP contribution in [0.4, 0.5) is 13.2 Å². The number of benzene rings is 2. The first-order chi connectivity index (χ1) is 14.0. The molecule has 1 fully saturated rings. The van der Waals surface area contributed by atoms with Gasteiger partial charge in [0.2, 0.25) is 0 Å². The molecule has 2 aromatic carbocycles. The van der Waals surface area contributed by atoms with Crippen molar-refractivity contribution in [2.45, 2.75) is 64.6 Å². The molecule has 1 saturated heterocycles. The molecule has 0 aromatic heterocycles. The Morgan fingerprint density at radius 3 is 2.41 bits per heavy atom. The lowest BCUT2D eigenvalue weighted by atomic mass is 9.90. The minimum absolute atomic E-state index is 0.0494. The van der Waals surface area contributed by atoms with Crippen LogP contribution in [0.2, 0.25) is 0 Å². The Balaban J connectivity index is 1.76. The molecule has 0 spiro atoms. The maximum Gasteiger partial charge on any atom is 0.167 e. The van der Waals surface area contributed by atoms with Crippen LogP contribution in [0.15, 0.2) is 30.3 Å². The molecule has 2 atom stereocenters. The SMILES string of the molecule is CCCCc1ccc(-c2ccc(C3CCC(OCCC)OC3)c(F)c2F)c(F)c1. The van der Waals surface area contributed by atoms with Crippen LogP contribution in [0.1, 0.15) is 63.0 Å². The predicted octanol–water partition coefficient (Wildman–Crippen LogP) is 6.76. The largest absolute Gasteiger partial charge is 0.353 e. The van der Waals surface area contributed by atoms with Gasteiger partial charge in [0.25, 0.3) is 0 Å². The lowest BCUT2D eigenvalue weighted by Crippen LogP contribution is -2.28. The van der Waals surface area contributed by atoms with Gasteiger partial charge >= 0.3 is 0 Å². The monoisotopic (exact) mass is 406 g/mol. The second-order valence-corrected chi connectivity index (χ2v) is 7.66. The van der Waals surface area contributed by atoms with E-state index in [9.17, 15) is 13.2 Å². The fourth-order valence-corrected chi connectivity index (χ4v) is 3.75. The summed E-state index contributed by atoms with van der Waals surface area (Å²) in [5, 5.41) is 0. The number of ether oxygens (including phenoxy) is 2. The van der Waals surface area contributed by atoms with Gasteiger partial charge in [-0.15, -0.1) is 0 Å². The average molecular weight is 406 g/mol. The van der Waals surface area contributed by atoms with Gasteiger partial charge in [0, 0.05) is 23.7 Å². The summed E-state index contributed by atoms with van der Waals surface area (Å²) in [4.78, 5) is 0. The third-order valence-electron chi connectivity index (χ3n) is 5.44. The van der Waals surface area contributed by atoms with Crippen molar-refractivity contribution in [2.75, 3.05) is 13.2 Å². The molecule has 1 heterocycles. The highest BCUT2D eigenvalue weighted by atomic mass is 19.2. The number of halogens is 3. The zero-order valence-electron chi connectivity index (χ0n) is 17.1. The van der Waals surface area contributed by atoms with Gasteiger partial charge in [-0.2, -0.15) is 0 Å². The molecule has 29 heavy (non-hydrogen) atoms. The lowest BCUT2D eigenvalue weighted by Gasteiger charge is -2.29. The fraction of sp³-hybridized carbons (Fsp3) is 0.500. The van der Waals surface area contributed by atoms with Gasteiger partial charge in [-0.05, 0) is 49.3 Å². The zero-order valence-corrected chi connectivity index (χ0v) is 17.1. The minimum Gasteiger partial charge on any atom is -0.353 e. The molecule has 2 aromatic rings. The maximum atomic E-state index is 14.8. The Morgan fingerprint density at radius 2 is 1.76 bits per heavy atom. The molecule has 3 rings (SSSR count). The molecule has 2 unspecified atom stereocenters. The second kappa shape index (κ2) is 10.3. The summed E-state index contributed by atoms with van der Waals surface area (Å²) in [7, 11) is 0. The summed E-state index contributed by atoms with van der Waals surface area (Å²) in [6, 6.07) is 7.76. The Kier molecular flexibility index (Phi) is 7.73. The van der Waals surface area contributed by atoms with Crippen molar-refractivity contribution in [1.82, 2.24) is 0 Å². The van der Waals surface area contributed by atoms with Gasteiger partial charge in [-0.3, -0.25) is 0 Å². The Labute approximate surface area is 171 Å². The minimum atomic E-state index is -1.01. The number of unbranched alkanes of at least 4 members (excludes halogenated alkanes) is 1. The van der Waals surface area contributed by atoms with Gasteiger partial charge in [0.1, 0.15) is 5.82 Å². The highest BCUT2D eigenvalue weighted by molar-refractivity contribution is 5.66. The average Bonchev–Trinajstić information content (AvgIpc) is 2.74. The molecular weight excluding hydrogens is 377 g/mol. The molecule has 0 bridgehead atoms. The highest BCUT2D eigenvalue weighted by Gasteiger charge is 2.27. The van der Waals surface area contributed by atoms with E-state index in [0.29, 0.717) is 19.4 Å². The summed E-state index contributed by atoms with van der Waals surface area (Å²) in [6.07, 6.45) is 4.67. The molecule has 2 nitrogen and oxygen atoms in total. The van der Waals surface area contributed by atoms with Crippen LogP contribution in [0.5, 0.6) is 0 Å². The van der Waals surface area contributed by atoms with Crippen molar-refractivity contribution in [3.05, 3.63) is 58.9 Å². The van der Waals surface area contributed by atoms with E-state index in [1.165, 1.54) is 18.2 Å². The molecule has 0 saturated carbocycles. The van der Waals surface area contributed by atoms with Crippen molar-refractivity contribution in [1.29, 1.82) is 0 Å². The fourth-order valence-electron chi connectivity index (χ4n) is 3.75. The van der Waals surface area contributed by atoms with Crippen LogP contribution in [-0.2, 0) is 15.9 Å². The summed E-state index contributed by atoms with van der Waals surface area (Å²) >= 11 is 0. The molecule has 0 aliphatic carbocycles. The normalized spacial score (nSPS) is 19.5. The molecular formula is C24H29F3O2. The summed E-state index contributed by atoms with van der Waals surface area (Å²) in [5.41, 5.74) is 1.18. The van der Waals surface area contributed by atoms with E-state index in [2.05, 4.69) is 6.92 Å². The van der Waals surface area contributed by atoms with Crippen molar-refractivity contribution in [2.24, 2.45) is 0 Å². The van der Waals surface area contributed by atoms with Crippen LogP contribution in [0.25, 0.3) is 11.1 Å². The molecule has 5 heteroatoms. The predicted molar refractivity (Wildman–Crippen MR) is 108 cm³/mol. The third kappa shape index (κ3) is 5.20. The van der Waals surface area contributed by atoms with E-state index in [1.54, 1.807) is 12.1 Å². The van der Waals surface area contributed by atoms with Crippen LogP contribution in [0, 0.1) is 17.5 Å². The smallest absolute Gasteiger partial charge is 0.167 e. The summed E-state index contributed by atoms with van der Waals surface area (Å²) in [5.74, 6) is -2.69. The van der Waals surface area contributed by atoms with E-state index < -0.39 is 17.5 Å². The standard InChI is InChI=1S/C24H29F3O2/c1-3-5-6-16-7-9-19(21(25)14-16)20-11-10-18(23(26)24(20)27)17-8-12-22(29-15-17)28-13-4-2/h7,9-11,14,17,22H,3-6,8,12-13,15H2,1-2H3. The highest BCUT2D eigenvalue weighted by Crippen LogP contribution is 2.35. The van der Waals surface area contributed by atoms with Gasteiger partial charge in [0.05, 0.1) is 6.61 Å². The van der Waals surface area contributed by atoms with E-state index in [1.807, 2.05) is 6.92 Å². The molecule has 1 aliphatic heterocycles. The first-order valence-corrected chi connectivity index (χ1v) is 10.5. The van der Waals surface area contributed by atoms with Gasteiger partial charge in [0.15, 0.2) is 17.9 Å². The van der Waals surface area contributed by atoms with Gasteiger partial charge < -0.3 is 9.47 Å². The van der Waals surface area contributed by atoms with Crippen molar-refractivity contribution < 1.29 is 22.6 Å². The first kappa shape index (κ1) is 21.8. The van der Waals surface area contributed by atoms with Crippen molar-refractivity contribution in [3.8, 4) is 11.1 Å². The molecule has 1 aliphatic rings. The second-order valence-electron chi connectivity index (χ2n) is 7.66.